The van der Waals surface area contributed by atoms with Crippen molar-refractivity contribution in [3.05, 3.63) is 75.8 Å². The molecule has 1 unspecified atom stereocenters. The molecule has 2 bridgehead atoms. The van der Waals surface area contributed by atoms with Gasteiger partial charge in [-0.3, -0.25) is 14.9 Å². The van der Waals surface area contributed by atoms with Gasteiger partial charge in [-0.25, -0.2) is 14.6 Å². The monoisotopic (exact) mass is 815 g/mol. The highest BCUT2D eigenvalue weighted by atomic mass is 32.1. The van der Waals surface area contributed by atoms with Crippen LogP contribution in [0.25, 0.3) is 0 Å². The van der Waals surface area contributed by atoms with Gasteiger partial charge in [-0.05, 0) is 108 Å². The SMILES string of the molecule is COc1c(C[C@H](CC(=O)/C(=N\OCc2ccccc2)c2csc(NC(=O)OC(C)(C)C)n2)B2OC3C[C@@H]4C[C@@H](C4(C)C)[C@]3(C)O2)cc(C=O)cc1C(=O)OC(C)(C)C. The molecule has 1 amide bonds. The molecule has 1 aromatic heterocycles. The van der Waals surface area contributed by atoms with Gasteiger partial charge in [-0.15, -0.1) is 11.3 Å². The zero-order valence-corrected chi connectivity index (χ0v) is 35.8. The van der Waals surface area contributed by atoms with E-state index in [1.807, 2.05) is 30.3 Å². The average molecular weight is 816 g/mol. The molecular weight excluding hydrogens is 761 g/mol. The number of carbonyl (C=O) groups excluding carboxylic acids is 4. The highest BCUT2D eigenvalue weighted by molar-refractivity contribution is 7.14. The number of nitrogens with zero attached hydrogens (tertiary/aromatic N) is 2. The summed E-state index contributed by atoms with van der Waals surface area (Å²) in [6, 6.07) is 12.5. The number of anilines is 1. The number of amides is 1. The molecular formula is C43H54BN3O10S. The molecule has 13 nitrogen and oxygen atoms in total. The van der Waals surface area contributed by atoms with Gasteiger partial charge in [0, 0.05) is 23.2 Å². The Balaban J connectivity index is 1.36. The number of ketones is 1. The zero-order chi connectivity index (χ0) is 42.2. The predicted octanol–water partition coefficient (Wildman–Crippen LogP) is 8.49. The zero-order valence-electron chi connectivity index (χ0n) is 35.0. The number of aromatic nitrogens is 1. The molecule has 15 heteroatoms. The smallest absolute Gasteiger partial charge is 0.461 e. The Kier molecular flexibility index (Phi) is 12.3. The Hall–Kier alpha value is -4.60. The number of carbonyl (C=O) groups is 4. The summed E-state index contributed by atoms with van der Waals surface area (Å²) >= 11 is 1.11. The fraction of sp³-hybridized carbons (Fsp3) is 0.535. The van der Waals surface area contributed by atoms with E-state index >= 15 is 0 Å². The first-order valence-corrected chi connectivity index (χ1v) is 20.5. The van der Waals surface area contributed by atoms with Crippen LogP contribution in [0.4, 0.5) is 9.93 Å². The quantitative estimate of drug-likeness (QED) is 0.0546. The van der Waals surface area contributed by atoms with E-state index in [9.17, 15) is 19.2 Å². The molecule has 3 aliphatic carbocycles. The van der Waals surface area contributed by atoms with Crippen molar-refractivity contribution in [3.63, 3.8) is 0 Å². The van der Waals surface area contributed by atoms with Crippen molar-refractivity contribution in [2.24, 2.45) is 22.4 Å². The fourth-order valence-electron chi connectivity index (χ4n) is 8.46. The van der Waals surface area contributed by atoms with Crippen LogP contribution in [-0.2, 0) is 41.4 Å². The maximum absolute atomic E-state index is 14.7. The number of aldehydes is 1. The number of Topliss-reactive ketones (excluding diaryl/α,β-unsaturated/α-hetero) is 1. The van der Waals surface area contributed by atoms with Crippen molar-refractivity contribution in [1.29, 1.82) is 0 Å². The van der Waals surface area contributed by atoms with E-state index in [-0.39, 0.29) is 70.3 Å². The summed E-state index contributed by atoms with van der Waals surface area (Å²) in [5.41, 5.74) is -0.268. The lowest BCUT2D eigenvalue weighted by molar-refractivity contribution is -0.199. The Morgan fingerprint density at radius 1 is 1.05 bits per heavy atom. The second-order valence-corrected chi connectivity index (χ2v) is 19.0. The van der Waals surface area contributed by atoms with Crippen molar-refractivity contribution < 1.29 is 47.5 Å². The predicted molar refractivity (Wildman–Crippen MR) is 220 cm³/mol. The number of hydrogen-bond donors (Lipinski definition) is 1. The summed E-state index contributed by atoms with van der Waals surface area (Å²) in [6.07, 6.45) is 1.62. The van der Waals surface area contributed by atoms with Crippen molar-refractivity contribution in [2.75, 3.05) is 12.4 Å². The number of methoxy groups -OCH3 is 1. The van der Waals surface area contributed by atoms with Gasteiger partial charge >= 0.3 is 19.2 Å². The molecule has 1 aliphatic heterocycles. The van der Waals surface area contributed by atoms with Gasteiger partial charge in [-0.2, -0.15) is 0 Å². The normalized spacial score (nSPS) is 22.9. The van der Waals surface area contributed by atoms with Gasteiger partial charge in [0.2, 0.25) is 0 Å². The molecule has 4 fully saturated rings. The molecule has 3 saturated carbocycles. The Bertz CT molecular complexity index is 2060. The van der Waals surface area contributed by atoms with E-state index in [0.29, 0.717) is 17.8 Å². The number of oxime groups is 1. The molecule has 0 spiro atoms. The number of thiazole rings is 1. The Morgan fingerprint density at radius 2 is 1.76 bits per heavy atom. The number of ether oxygens (including phenoxy) is 3. The third-order valence-electron chi connectivity index (χ3n) is 11.3. The second-order valence-electron chi connectivity index (χ2n) is 18.2. The lowest BCUT2D eigenvalue weighted by Crippen LogP contribution is -2.65. The molecule has 5 atom stereocenters. The lowest BCUT2D eigenvalue weighted by atomic mass is 9.43. The van der Waals surface area contributed by atoms with Gasteiger partial charge in [0.25, 0.3) is 0 Å². The first-order valence-electron chi connectivity index (χ1n) is 19.7. The van der Waals surface area contributed by atoms with Gasteiger partial charge in [0.1, 0.15) is 41.1 Å². The minimum Gasteiger partial charge on any atom is -0.496 e. The molecule has 1 saturated heterocycles. The first-order chi connectivity index (χ1) is 27.2. The number of hydrogen-bond acceptors (Lipinski definition) is 13. The van der Waals surface area contributed by atoms with Crippen LogP contribution < -0.4 is 10.1 Å². The van der Waals surface area contributed by atoms with Gasteiger partial charge in [-0.1, -0.05) is 49.3 Å². The lowest BCUT2D eigenvalue weighted by Gasteiger charge is -2.64. The number of rotatable bonds is 14. The number of nitrogens with one attached hydrogen (secondary N) is 1. The van der Waals surface area contributed by atoms with E-state index < -0.39 is 47.6 Å². The summed E-state index contributed by atoms with van der Waals surface area (Å²) in [7, 11) is 0.607. The van der Waals surface area contributed by atoms with Crippen LogP contribution in [0, 0.1) is 17.3 Å². The van der Waals surface area contributed by atoms with Crippen LogP contribution >= 0.6 is 11.3 Å². The largest absolute Gasteiger partial charge is 0.496 e. The summed E-state index contributed by atoms with van der Waals surface area (Å²) in [5.74, 6) is -0.768. The molecule has 3 aromatic rings. The Morgan fingerprint density at radius 3 is 2.40 bits per heavy atom. The topological polar surface area (TPSA) is 161 Å². The maximum atomic E-state index is 14.7. The van der Waals surface area contributed by atoms with Gasteiger partial charge in [0.05, 0.1) is 18.8 Å². The average Bonchev–Trinajstić information content (AvgIpc) is 3.75. The molecule has 2 aromatic carbocycles. The maximum Gasteiger partial charge on any atom is 0.461 e. The standard InChI is InChI=1S/C43H54BN3O10S/c1-40(2,3)54-37(50)30-17-26(22-48)16-27(36(30)52-10)18-29(44-56-34-20-28-19-33(42(28,7)8)43(34,9)57-44)21-32(49)35(47-53-23-25-14-12-11-13-15-25)31-24-58-38(45-31)46-39(51)55-41(4,5)6/h11-17,22,24,28-29,33-34H,18-21,23H2,1-10H3,(H,45,46,51)/b47-35-/t28-,29+,33-,34?,43-/m0/s1. The van der Waals surface area contributed by atoms with E-state index in [0.717, 1.165) is 29.7 Å². The first kappa shape index (κ1) is 43.0. The summed E-state index contributed by atoms with van der Waals surface area (Å²) < 4.78 is 30.6. The van der Waals surface area contributed by atoms with Crippen molar-refractivity contribution in [3.8, 4) is 5.75 Å². The van der Waals surface area contributed by atoms with Gasteiger partial charge in [0.15, 0.2) is 16.6 Å². The van der Waals surface area contributed by atoms with Crippen LogP contribution in [0.15, 0.2) is 53.0 Å². The van der Waals surface area contributed by atoms with Crippen LogP contribution in [0.1, 0.15) is 119 Å². The molecule has 4 aliphatic rings. The molecule has 58 heavy (non-hydrogen) atoms. The van der Waals surface area contributed by atoms with Crippen LogP contribution in [0.5, 0.6) is 5.75 Å². The summed E-state index contributed by atoms with van der Waals surface area (Å²) in [6.45, 7) is 17.3. The van der Waals surface area contributed by atoms with E-state index in [1.165, 1.54) is 13.2 Å². The van der Waals surface area contributed by atoms with E-state index in [1.54, 1.807) is 53.0 Å². The number of benzene rings is 2. The van der Waals surface area contributed by atoms with Crippen molar-refractivity contribution >= 4 is 53.4 Å². The molecule has 0 radical (unpaired) electrons. The van der Waals surface area contributed by atoms with Crippen LogP contribution in [-0.4, -0.2) is 72.0 Å². The molecule has 1 N–H and O–H groups in total. The third-order valence-corrected chi connectivity index (χ3v) is 12.0. The van der Waals surface area contributed by atoms with E-state index in [4.69, 9.17) is 28.4 Å². The second kappa shape index (κ2) is 16.6. The minimum atomic E-state index is -0.838. The highest BCUT2D eigenvalue weighted by Crippen LogP contribution is 2.66. The van der Waals surface area contributed by atoms with Crippen LogP contribution in [0.3, 0.4) is 0 Å². The summed E-state index contributed by atoms with van der Waals surface area (Å²) in [4.78, 5) is 63.4. The Labute approximate surface area is 344 Å². The molecule has 310 valence electrons. The van der Waals surface area contributed by atoms with E-state index in [2.05, 4.69) is 36.2 Å². The molecule has 7 rings (SSSR count). The minimum absolute atomic E-state index is 0.0671. The number of esters is 1. The van der Waals surface area contributed by atoms with Crippen molar-refractivity contribution in [1.82, 2.24) is 4.98 Å². The highest BCUT2D eigenvalue weighted by Gasteiger charge is 2.68. The van der Waals surface area contributed by atoms with Crippen molar-refractivity contribution in [2.45, 2.75) is 123 Å². The molecule has 2 heterocycles. The summed E-state index contributed by atoms with van der Waals surface area (Å²) in [5, 5.41) is 8.79. The van der Waals surface area contributed by atoms with Gasteiger partial charge < -0.3 is 28.4 Å². The third kappa shape index (κ3) is 9.47. The van der Waals surface area contributed by atoms with Crippen LogP contribution in [0.2, 0.25) is 5.82 Å². The fourth-order valence-corrected chi connectivity index (χ4v) is 9.14.